The van der Waals surface area contributed by atoms with Crippen LogP contribution in [-0.4, -0.2) is 78.2 Å². The lowest BCUT2D eigenvalue weighted by Crippen LogP contribution is -2.23. The van der Waals surface area contributed by atoms with Gasteiger partial charge >= 0.3 is 5.97 Å². The number of H-pyrrole nitrogens is 2. The van der Waals surface area contributed by atoms with Gasteiger partial charge in [0.1, 0.15) is 11.6 Å². The summed E-state index contributed by atoms with van der Waals surface area (Å²) in [4.78, 5) is 48.0. The van der Waals surface area contributed by atoms with Gasteiger partial charge in [-0.1, -0.05) is 23.2 Å². The van der Waals surface area contributed by atoms with Crippen molar-refractivity contribution in [3.8, 4) is 0 Å². The van der Waals surface area contributed by atoms with Gasteiger partial charge in [-0.15, -0.1) is 0 Å². The number of benzene rings is 4. The summed E-state index contributed by atoms with van der Waals surface area (Å²) in [7, 11) is -5.28. The largest absolute Gasteiger partial charge is 0.465 e. The van der Waals surface area contributed by atoms with Crippen LogP contribution >= 0.6 is 23.2 Å². The van der Waals surface area contributed by atoms with Gasteiger partial charge in [-0.3, -0.25) is 24.7 Å². The molecule has 0 aliphatic heterocycles. The SMILES string of the molecule is COC(=O)c1ccnc(Cc2cnc3ccc(S(C)(=O)=O)cc3c2)c1.CS(=O)(=O)c1ccc2ncc(Cc3cc(C(=O)NCc4cc5c(Cl)c[nH]c5cc4F)ccn3)cc2c1.NCc1cc2c(Cl)c[nH]c2cc1F. The smallest absolute Gasteiger partial charge is 0.337 e. The predicted octanol–water partition coefficient (Wildman–Crippen LogP) is 9.66. The van der Waals surface area contributed by atoms with Crippen LogP contribution in [0.1, 0.15) is 54.4 Å². The van der Waals surface area contributed by atoms with E-state index in [9.17, 15) is 35.2 Å². The highest BCUT2D eigenvalue weighted by Gasteiger charge is 2.15. The third-order valence-electron chi connectivity index (χ3n) is 11.6. The molecule has 4 aromatic carbocycles. The Morgan fingerprint density at radius 1 is 0.635 bits per heavy atom. The maximum absolute atomic E-state index is 14.4. The topological polar surface area (TPSA) is 233 Å². The summed E-state index contributed by atoms with van der Waals surface area (Å²) >= 11 is 12.0. The van der Waals surface area contributed by atoms with Crippen molar-refractivity contribution in [1.29, 1.82) is 0 Å². The number of halogens is 4. The standard InChI is InChI=1S/C26H20ClFN4O3S.C18H16N2O4S.C9H8ClFN2/c1-36(34,35)20-2-3-24-17(9-20)6-15(12-30-24)7-19-8-16(4-5-29-19)26(33)32-13-18-10-21-22(27)14-31-25(21)11-23(18)28;1-24-18(21)13-5-6-19-15(9-13)8-12-7-14-10-16(25(2,22)23)3-4-17(14)20-11-12;10-7-4-13-9-2-8(11)5(3-12)1-6(7)9/h2-6,8-12,14,31H,7,13H2,1H3,(H,32,33);3-7,9-11H,8H2,1-2H3;1-2,4,13H,3,12H2. The van der Waals surface area contributed by atoms with E-state index in [-0.39, 0.29) is 34.6 Å². The third kappa shape index (κ3) is 12.6. The molecule has 6 aromatic heterocycles. The molecule has 0 saturated carbocycles. The number of hydrogen-bond donors (Lipinski definition) is 4. The second-order valence-electron chi connectivity index (χ2n) is 17.0. The summed E-state index contributed by atoms with van der Waals surface area (Å²) in [6.07, 6.45) is 12.9. The molecule has 6 heterocycles. The molecule has 0 aliphatic carbocycles. The Kier molecular flexibility index (Phi) is 15.8. The van der Waals surface area contributed by atoms with E-state index in [0.29, 0.717) is 89.4 Å². The average molecular weight is 1080 g/mol. The van der Waals surface area contributed by atoms with E-state index in [1.54, 1.807) is 97.7 Å². The van der Waals surface area contributed by atoms with E-state index in [1.807, 2.05) is 12.1 Å². The normalized spacial score (nSPS) is 11.5. The first-order valence-electron chi connectivity index (χ1n) is 22.3. The zero-order chi connectivity index (χ0) is 52.9. The summed E-state index contributed by atoms with van der Waals surface area (Å²) in [6.45, 7) is 0.181. The molecule has 21 heteroatoms. The highest BCUT2D eigenvalue weighted by atomic mass is 35.5. The van der Waals surface area contributed by atoms with Gasteiger partial charge in [-0.2, -0.15) is 0 Å². The number of nitrogens with zero attached hydrogens (tertiary/aromatic N) is 4. The maximum Gasteiger partial charge on any atom is 0.337 e. The van der Waals surface area contributed by atoms with Crippen LogP contribution in [0.3, 0.4) is 0 Å². The Bertz CT molecular complexity index is 4020. The fourth-order valence-electron chi connectivity index (χ4n) is 7.80. The van der Waals surface area contributed by atoms with Gasteiger partial charge in [0, 0.05) is 136 Å². The second kappa shape index (κ2) is 22.2. The van der Waals surface area contributed by atoms with Crippen LogP contribution in [0.4, 0.5) is 8.78 Å². The molecular formula is C53H44Cl2F2N8O7S2. The zero-order valence-electron chi connectivity index (χ0n) is 39.6. The first-order chi connectivity index (χ1) is 35.3. The minimum Gasteiger partial charge on any atom is -0.465 e. The number of methoxy groups -OCH3 is 1. The van der Waals surface area contributed by atoms with Crippen molar-refractivity contribution in [3.63, 3.8) is 0 Å². The lowest BCUT2D eigenvalue weighted by molar-refractivity contribution is 0.0600. The molecule has 0 aliphatic rings. The number of aromatic nitrogens is 6. The second-order valence-corrected chi connectivity index (χ2v) is 21.8. The Balaban J connectivity index is 0.000000165. The molecule has 0 bridgehead atoms. The van der Waals surface area contributed by atoms with E-state index >= 15 is 0 Å². The monoisotopic (exact) mass is 1080 g/mol. The Morgan fingerprint density at radius 3 is 1.59 bits per heavy atom. The molecular weight excluding hydrogens is 1030 g/mol. The molecule has 0 spiro atoms. The highest BCUT2D eigenvalue weighted by Crippen LogP contribution is 2.28. The van der Waals surface area contributed by atoms with Crippen molar-refractivity contribution >= 4 is 98.4 Å². The number of sulfone groups is 2. The maximum atomic E-state index is 14.4. The molecule has 10 aromatic rings. The number of carbonyl (C=O) groups is 2. The fourth-order valence-corrected chi connectivity index (χ4v) is 9.53. The molecule has 15 nitrogen and oxygen atoms in total. The number of aromatic amines is 2. The average Bonchev–Trinajstić information content (AvgIpc) is 3.93. The summed E-state index contributed by atoms with van der Waals surface area (Å²) in [6, 6.07) is 25.9. The van der Waals surface area contributed by atoms with Gasteiger partial charge in [0.2, 0.25) is 0 Å². The third-order valence-corrected chi connectivity index (χ3v) is 14.5. The lowest BCUT2D eigenvalue weighted by atomic mass is 10.1. The van der Waals surface area contributed by atoms with Gasteiger partial charge in [0.05, 0.1) is 43.5 Å². The van der Waals surface area contributed by atoms with Crippen molar-refractivity contribution in [1.82, 2.24) is 35.2 Å². The number of amides is 1. The minimum atomic E-state index is -3.34. The van der Waals surface area contributed by atoms with Crippen LogP contribution < -0.4 is 11.1 Å². The van der Waals surface area contributed by atoms with Crippen LogP contribution in [0.15, 0.2) is 144 Å². The van der Waals surface area contributed by atoms with Gasteiger partial charge in [-0.25, -0.2) is 30.4 Å². The highest BCUT2D eigenvalue weighted by molar-refractivity contribution is 7.91. The first kappa shape index (κ1) is 52.6. The summed E-state index contributed by atoms with van der Waals surface area (Å²) in [5.74, 6) is -1.53. The molecule has 74 heavy (non-hydrogen) atoms. The fraction of sp³-hybridized carbons (Fsp3) is 0.132. The van der Waals surface area contributed by atoms with Crippen molar-refractivity contribution in [3.05, 3.63) is 201 Å². The van der Waals surface area contributed by atoms with Crippen LogP contribution in [-0.2, 0) is 50.3 Å². The van der Waals surface area contributed by atoms with E-state index in [1.165, 1.54) is 37.8 Å². The number of rotatable bonds is 11. The van der Waals surface area contributed by atoms with Crippen molar-refractivity contribution in [2.45, 2.75) is 35.7 Å². The number of nitrogens with two attached hydrogens (primary N) is 1. The Labute approximate surface area is 433 Å². The number of fused-ring (bicyclic) bond motifs is 4. The molecule has 0 fully saturated rings. The summed E-state index contributed by atoms with van der Waals surface area (Å²) in [5, 5.41) is 6.74. The number of hydrogen-bond acceptors (Lipinski definition) is 12. The van der Waals surface area contributed by atoms with Crippen LogP contribution in [0, 0.1) is 11.6 Å². The molecule has 0 unspecified atom stereocenters. The predicted molar refractivity (Wildman–Crippen MR) is 281 cm³/mol. The van der Waals surface area contributed by atoms with Crippen LogP contribution in [0.2, 0.25) is 10.0 Å². The molecule has 0 atom stereocenters. The van der Waals surface area contributed by atoms with Gasteiger partial charge < -0.3 is 25.8 Å². The molecule has 1 amide bonds. The quantitative estimate of drug-likeness (QED) is 0.0887. The van der Waals surface area contributed by atoms with Gasteiger partial charge in [0.25, 0.3) is 5.91 Å². The lowest BCUT2D eigenvalue weighted by Gasteiger charge is -2.09. The van der Waals surface area contributed by atoms with E-state index in [2.05, 4.69) is 35.2 Å². The van der Waals surface area contributed by atoms with Gasteiger partial charge in [0.15, 0.2) is 19.7 Å². The van der Waals surface area contributed by atoms with Crippen molar-refractivity contribution < 1.29 is 39.9 Å². The molecule has 5 N–H and O–H groups in total. The zero-order valence-corrected chi connectivity index (χ0v) is 42.7. The number of pyridine rings is 4. The first-order valence-corrected chi connectivity index (χ1v) is 26.8. The van der Waals surface area contributed by atoms with Crippen molar-refractivity contribution in [2.24, 2.45) is 5.73 Å². The Morgan fingerprint density at radius 2 is 1.11 bits per heavy atom. The molecule has 0 radical (unpaired) electrons. The molecule has 0 saturated heterocycles. The van der Waals surface area contributed by atoms with Crippen LogP contribution in [0.25, 0.3) is 43.6 Å². The molecule has 378 valence electrons. The van der Waals surface area contributed by atoms with E-state index in [4.69, 9.17) is 33.7 Å². The van der Waals surface area contributed by atoms with Gasteiger partial charge in [-0.05, 0) is 108 Å². The minimum absolute atomic E-state index is 0.00294. The Hall–Kier alpha value is -7.68. The summed E-state index contributed by atoms with van der Waals surface area (Å²) < 4.78 is 79.5. The van der Waals surface area contributed by atoms with E-state index in [0.717, 1.165) is 28.2 Å². The number of esters is 1. The number of carbonyl (C=O) groups excluding carboxylic acids is 2. The summed E-state index contributed by atoms with van der Waals surface area (Å²) in [5.41, 5.74) is 12.7. The van der Waals surface area contributed by atoms with Crippen LogP contribution in [0.5, 0.6) is 0 Å². The van der Waals surface area contributed by atoms with E-state index < -0.39 is 31.5 Å². The number of ether oxygens (including phenoxy) is 1. The van der Waals surface area contributed by atoms with Crippen molar-refractivity contribution in [2.75, 3.05) is 19.6 Å². The number of nitrogens with one attached hydrogen (secondary N) is 3. The molecule has 10 rings (SSSR count).